The molecule has 4 rings (SSSR count). The Balaban J connectivity index is 1.36. The molecule has 0 radical (unpaired) electrons. The second kappa shape index (κ2) is 8.93. The van der Waals surface area contributed by atoms with Gasteiger partial charge in [-0.1, -0.05) is 0 Å². The maximum atomic E-state index is 13.0. The van der Waals surface area contributed by atoms with Crippen LogP contribution in [0.5, 0.6) is 11.6 Å². The van der Waals surface area contributed by atoms with E-state index in [-0.39, 0.29) is 37.9 Å². The molecule has 1 amide bonds. The SMILES string of the molecule is O=C(N[C@H]1COc2ccc(C(F)(F)F)cc2C1)c1cc2n(n1)CCC(CCOC(F)F)O2. The minimum atomic E-state index is -4.47. The number of nitrogens with zero attached hydrogens (tertiary/aromatic N) is 2. The fourth-order valence-electron chi connectivity index (χ4n) is 3.68. The zero-order chi connectivity index (χ0) is 22.9. The number of aryl methyl sites for hydroxylation is 1. The summed E-state index contributed by atoms with van der Waals surface area (Å²) in [6, 6.07) is 4.17. The van der Waals surface area contributed by atoms with E-state index in [2.05, 4.69) is 15.2 Å². The highest BCUT2D eigenvalue weighted by Crippen LogP contribution is 2.34. The molecule has 12 heteroatoms. The highest BCUT2D eigenvalue weighted by atomic mass is 19.4. The Kier molecular flexibility index (Phi) is 6.22. The van der Waals surface area contributed by atoms with E-state index in [9.17, 15) is 26.7 Å². The van der Waals surface area contributed by atoms with Gasteiger partial charge in [0.1, 0.15) is 18.5 Å². The smallest absolute Gasteiger partial charge is 0.416 e. The molecule has 174 valence electrons. The van der Waals surface area contributed by atoms with Crippen LogP contribution in [-0.2, 0) is 23.9 Å². The number of rotatable bonds is 6. The van der Waals surface area contributed by atoms with Gasteiger partial charge < -0.3 is 19.5 Å². The van der Waals surface area contributed by atoms with E-state index in [4.69, 9.17) is 9.47 Å². The van der Waals surface area contributed by atoms with Crippen molar-refractivity contribution < 1.29 is 41.0 Å². The maximum absolute atomic E-state index is 13.0. The number of hydrogen-bond donors (Lipinski definition) is 1. The van der Waals surface area contributed by atoms with Crippen LogP contribution in [0.25, 0.3) is 0 Å². The summed E-state index contributed by atoms with van der Waals surface area (Å²) in [6.45, 7) is -2.43. The molecular formula is C20H20F5N3O4. The second-order valence-electron chi connectivity index (χ2n) is 7.55. The molecule has 0 aliphatic carbocycles. The molecule has 0 bridgehead atoms. The van der Waals surface area contributed by atoms with Gasteiger partial charge in [0.15, 0.2) is 5.69 Å². The molecule has 2 aliphatic heterocycles. The number of carbonyl (C=O) groups is 1. The van der Waals surface area contributed by atoms with Crippen molar-refractivity contribution in [3.63, 3.8) is 0 Å². The first-order valence-corrected chi connectivity index (χ1v) is 9.97. The number of fused-ring (bicyclic) bond motifs is 2. The summed E-state index contributed by atoms with van der Waals surface area (Å²) in [5.74, 6) is 0.178. The Bertz CT molecular complexity index is 979. The predicted octanol–water partition coefficient (Wildman–Crippen LogP) is 3.42. The maximum Gasteiger partial charge on any atom is 0.416 e. The molecule has 2 aliphatic rings. The van der Waals surface area contributed by atoms with Gasteiger partial charge in [0.05, 0.1) is 18.2 Å². The Labute approximate surface area is 179 Å². The average molecular weight is 461 g/mol. The number of carbonyl (C=O) groups excluding carboxylic acids is 1. The molecule has 1 unspecified atom stereocenters. The number of hydrogen-bond acceptors (Lipinski definition) is 5. The molecule has 0 saturated carbocycles. The number of nitrogens with one attached hydrogen (secondary N) is 1. The van der Waals surface area contributed by atoms with Gasteiger partial charge in [-0.25, -0.2) is 4.68 Å². The average Bonchev–Trinajstić information content (AvgIpc) is 3.16. The number of amides is 1. The molecule has 1 N–H and O–H groups in total. The summed E-state index contributed by atoms with van der Waals surface area (Å²) in [7, 11) is 0. The summed E-state index contributed by atoms with van der Waals surface area (Å²) in [6.07, 6.45) is -3.82. The van der Waals surface area contributed by atoms with Gasteiger partial charge in [0.2, 0.25) is 5.88 Å². The summed E-state index contributed by atoms with van der Waals surface area (Å²) in [4.78, 5) is 12.6. The fraction of sp³-hybridized carbons (Fsp3) is 0.500. The van der Waals surface area contributed by atoms with Crippen molar-refractivity contribution in [3.05, 3.63) is 41.1 Å². The van der Waals surface area contributed by atoms with Gasteiger partial charge in [-0.15, -0.1) is 0 Å². The first-order chi connectivity index (χ1) is 15.2. The molecule has 0 spiro atoms. The van der Waals surface area contributed by atoms with Crippen molar-refractivity contribution in [3.8, 4) is 11.6 Å². The quantitative estimate of drug-likeness (QED) is 0.668. The van der Waals surface area contributed by atoms with Gasteiger partial charge in [-0.05, 0) is 30.2 Å². The van der Waals surface area contributed by atoms with Crippen LogP contribution in [0.4, 0.5) is 22.0 Å². The first-order valence-electron chi connectivity index (χ1n) is 9.97. The molecule has 1 aromatic heterocycles. The lowest BCUT2D eigenvalue weighted by molar-refractivity contribution is -0.137. The van der Waals surface area contributed by atoms with E-state index in [1.165, 1.54) is 16.8 Å². The van der Waals surface area contributed by atoms with Crippen LogP contribution in [0.3, 0.4) is 0 Å². The minimum Gasteiger partial charge on any atom is -0.491 e. The number of ether oxygens (including phenoxy) is 3. The van der Waals surface area contributed by atoms with Crippen molar-refractivity contribution >= 4 is 5.91 Å². The Hall–Kier alpha value is -2.89. The standard InChI is InChI=1S/C20H20F5N3O4/c21-19(22)30-6-4-14-3-5-28-17(32-14)9-15(27-28)18(29)26-13-8-11-7-12(20(23,24)25)1-2-16(11)31-10-13/h1-2,7,9,13-14,19H,3-6,8,10H2,(H,26,29)/t13-,14?/m1/s1. The monoisotopic (exact) mass is 461 g/mol. The van der Waals surface area contributed by atoms with Gasteiger partial charge in [0.25, 0.3) is 5.91 Å². The van der Waals surface area contributed by atoms with Crippen LogP contribution < -0.4 is 14.8 Å². The van der Waals surface area contributed by atoms with Crippen molar-refractivity contribution in [2.24, 2.45) is 0 Å². The Morgan fingerprint density at radius 3 is 2.88 bits per heavy atom. The largest absolute Gasteiger partial charge is 0.491 e. The number of halogens is 5. The summed E-state index contributed by atoms with van der Waals surface area (Å²) in [5.41, 5.74) is -0.337. The summed E-state index contributed by atoms with van der Waals surface area (Å²) < 4.78 is 80.0. The third kappa shape index (κ3) is 5.12. The normalized spacial score (nSPS) is 20.2. The topological polar surface area (TPSA) is 74.6 Å². The van der Waals surface area contributed by atoms with Crippen LogP contribution in [0.1, 0.15) is 34.5 Å². The molecular weight excluding hydrogens is 441 g/mol. The summed E-state index contributed by atoms with van der Waals surface area (Å²) >= 11 is 0. The van der Waals surface area contributed by atoms with Gasteiger partial charge in [0, 0.05) is 25.5 Å². The third-order valence-corrected chi connectivity index (χ3v) is 5.24. The van der Waals surface area contributed by atoms with Crippen molar-refractivity contribution in [1.29, 1.82) is 0 Å². The van der Waals surface area contributed by atoms with E-state index in [1.54, 1.807) is 0 Å². The zero-order valence-electron chi connectivity index (χ0n) is 16.7. The lowest BCUT2D eigenvalue weighted by Gasteiger charge is -2.26. The lowest BCUT2D eigenvalue weighted by Crippen LogP contribution is -2.43. The van der Waals surface area contributed by atoms with Crippen molar-refractivity contribution in [2.75, 3.05) is 13.2 Å². The van der Waals surface area contributed by atoms with Crippen molar-refractivity contribution in [2.45, 2.75) is 50.7 Å². The number of aromatic nitrogens is 2. The predicted molar refractivity (Wildman–Crippen MR) is 99.7 cm³/mol. The first kappa shape index (κ1) is 22.3. The van der Waals surface area contributed by atoms with Gasteiger partial charge in [-0.3, -0.25) is 4.79 Å². The highest BCUT2D eigenvalue weighted by molar-refractivity contribution is 5.92. The zero-order valence-corrected chi connectivity index (χ0v) is 16.7. The molecule has 0 fully saturated rings. The van der Waals surface area contributed by atoms with Crippen LogP contribution in [-0.4, -0.2) is 47.7 Å². The highest BCUT2D eigenvalue weighted by Gasteiger charge is 2.33. The lowest BCUT2D eigenvalue weighted by atomic mass is 10.00. The van der Waals surface area contributed by atoms with Gasteiger partial charge in [-0.2, -0.15) is 27.1 Å². The molecule has 1 aromatic carbocycles. The molecule has 32 heavy (non-hydrogen) atoms. The fourth-order valence-corrected chi connectivity index (χ4v) is 3.68. The van der Waals surface area contributed by atoms with Crippen LogP contribution in [0.15, 0.2) is 24.3 Å². The molecule has 2 aromatic rings. The van der Waals surface area contributed by atoms with Gasteiger partial charge >= 0.3 is 12.8 Å². The molecule has 0 saturated heterocycles. The van der Waals surface area contributed by atoms with Crippen LogP contribution in [0, 0.1) is 0 Å². The molecule has 3 heterocycles. The second-order valence-corrected chi connectivity index (χ2v) is 7.55. The van der Waals surface area contributed by atoms with E-state index >= 15 is 0 Å². The molecule has 7 nitrogen and oxygen atoms in total. The minimum absolute atomic E-state index is 0.0827. The number of alkyl halides is 5. The van der Waals surface area contributed by atoms with E-state index in [1.807, 2.05) is 0 Å². The van der Waals surface area contributed by atoms with E-state index in [0.29, 0.717) is 30.2 Å². The third-order valence-electron chi connectivity index (χ3n) is 5.24. The Morgan fingerprint density at radius 2 is 2.12 bits per heavy atom. The van der Waals surface area contributed by atoms with Crippen LogP contribution >= 0.6 is 0 Å². The molecule has 2 atom stereocenters. The summed E-state index contributed by atoms with van der Waals surface area (Å²) in [5, 5.41) is 6.91. The Morgan fingerprint density at radius 1 is 1.31 bits per heavy atom. The van der Waals surface area contributed by atoms with E-state index < -0.39 is 30.3 Å². The van der Waals surface area contributed by atoms with Crippen LogP contribution in [0.2, 0.25) is 0 Å². The number of benzene rings is 1. The van der Waals surface area contributed by atoms with E-state index in [0.717, 1.165) is 12.1 Å². The van der Waals surface area contributed by atoms with Crippen molar-refractivity contribution in [1.82, 2.24) is 15.1 Å².